The van der Waals surface area contributed by atoms with E-state index < -0.39 is 0 Å². The van der Waals surface area contributed by atoms with Gasteiger partial charge in [0, 0.05) is 31.2 Å². The van der Waals surface area contributed by atoms with Crippen LogP contribution in [0.3, 0.4) is 0 Å². The summed E-state index contributed by atoms with van der Waals surface area (Å²) < 4.78 is 3.80. The van der Waals surface area contributed by atoms with Crippen molar-refractivity contribution in [1.29, 1.82) is 0 Å². The lowest BCUT2D eigenvalue weighted by molar-refractivity contribution is 0.0945. The van der Waals surface area contributed by atoms with Gasteiger partial charge in [-0.3, -0.25) is 9.78 Å². The van der Waals surface area contributed by atoms with E-state index in [0.717, 1.165) is 28.1 Å². The third kappa shape index (κ3) is 3.02. The third-order valence-electron chi connectivity index (χ3n) is 4.94. The van der Waals surface area contributed by atoms with Gasteiger partial charge in [0.25, 0.3) is 5.91 Å². The topological polar surface area (TPSA) is 77.1 Å². The molecule has 5 aromatic rings. The Kier molecular flexibility index (Phi) is 4.05. The summed E-state index contributed by atoms with van der Waals surface area (Å²) in [4.78, 5) is 26.3. The monoisotopic (exact) mass is 382 g/mol. The summed E-state index contributed by atoms with van der Waals surface area (Å²) in [5.74, 6) is 0.537. The van der Waals surface area contributed by atoms with Crippen molar-refractivity contribution in [2.24, 2.45) is 7.05 Å². The molecule has 0 aliphatic rings. The molecule has 2 aromatic carbocycles. The van der Waals surface area contributed by atoms with E-state index in [1.807, 2.05) is 70.6 Å². The van der Waals surface area contributed by atoms with Gasteiger partial charge in [-0.15, -0.1) is 0 Å². The average Bonchev–Trinajstić information content (AvgIpc) is 3.34. The second kappa shape index (κ2) is 6.87. The average molecular weight is 382 g/mol. The van der Waals surface area contributed by atoms with E-state index in [2.05, 4.69) is 20.3 Å². The molecule has 0 saturated carbocycles. The largest absolute Gasteiger partial charge is 0.343 e. The van der Waals surface area contributed by atoms with Gasteiger partial charge < -0.3 is 14.3 Å². The molecule has 142 valence electrons. The number of carbonyl (C=O) groups is 1. The first-order valence-corrected chi connectivity index (χ1v) is 9.28. The molecule has 0 spiro atoms. The summed E-state index contributed by atoms with van der Waals surface area (Å²) in [6.45, 7) is 0.321. The van der Waals surface area contributed by atoms with Gasteiger partial charge in [0.1, 0.15) is 17.2 Å². The van der Waals surface area contributed by atoms with Crippen molar-refractivity contribution in [3.63, 3.8) is 0 Å². The van der Waals surface area contributed by atoms with Gasteiger partial charge in [-0.1, -0.05) is 42.5 Å². The summed E-state index contributed by atoms with van der Waals surface area (Å²) in [6, 6.07) is 17.7. The number of hydrogen-bond acceptors (Lipinski definition) is 4. The highest BCUT2D eigenvalue weighted by Gasteiger charge is 2.15. The maximum Gasteiger partial charge on any atom is 0.271 e. The minimum absolute atomic E-state index is 0.250. The maximum atomic E-state index is 12.7. The number of para-hydroxylation sites is 2. The molecule has 0 unspecified atom stereocenters. The minimum Gasteiger partial charge on any atom is -0.343 e. The van der Waals surface area contributed by atoms with Gasteiger partial charge in [0.15, 0.2) is 5.65 Å². The van der Waals surface area contributed by atoms with Crippen LogP contribution < -0.4 is 5.32 Å². The van der Waals surface area contributed by atoms with Gasteiger partial charge in [-0.05, 0) is 12.1 Å². The minimum atomic E-state index is -0.250. The fraction of sp³-hybridized carbons (Fsp3) is 0.0909. The molecule has 0 saturated heterocycles. The molecule has 0 fully saturated rings. The predicted molar refractivity (Wildman–Crippen MR) is 110 cm³/mol. The van der Waals surface area contributed by atoms with Gasteiger partial charge in [-0.25, -0.2) is 9.97 Å². The highest BCUT2D eigenvalue weighted by molar-refractivity contribution is 5.93. The van der Waals surface area contributed by atoms with Crippen LogP contribution in [0.4, 0.5) is 0 Å². The summed E-state index contributed by atoms with van der Waals surface area (Å²) in [7, 11) is 1.94. The first-order chi connectivity index (χ1) is 14.2. The molecule has 0 aliphatic heterocycles. The number of rotatable bonds is 4. The first kappa shape index (κ1) is 17.1. The Morgan fingerprint density at radius 2 is 1.83 bits per heavy atom. The van der Waals surface area contributed by atoms with E-state index >= 15 is 0 Å². The van der Waals surface area contributed by atoms with Gasteiger partial charge in [0.05, 0.1) is 17.6 Å². The van der Waals surface area contributed by atoms with Crippen molar-refractivity contribution in [3.05, 3.63) is 84.7 Å². The Morgan fingerprint density at radius 1 is 1.03 bits per heavy atom. The third-order valence-corrected chi connectivity index (χ3v) is 4.94. The van der Waals surface area contributed by atoms with Crippen LogP contribution >= 0.6 is 0 Å². The number of amides is 1. The second-order valence-electron chi connectivity index (χ2n) is 6.76. The quantitative estimate of drug-likeness (QED) is 0.518. The lowest BCUT2D eigenvalue weighted by atomic mass is 10.1. The SMILES string of the molecule is Cn1c(CNC(=O)c2cn3ccnc(-c4ccccc4)c3n2)nc2ccccc21. The molecule has 0 aliphatic carbocycles. The number of nitrogens with one attached hydrogen (secondary N) is 1. The fourth-order valence-electron chi connectivity index (χ4n) is 3.43. The van der Waals surface area contributed by atoms with Gasteiger partial charge in [0.2, 0.25) is 0 Å². The molecule has 0 radical (unpaired) electrons. The van der Waals surface area contributed by atoms with Crippen molar-refractivity contribution >= 4 is 22.6 Å². The van der Waals surface area contributed by atoms with Gasteiger partial charge >= 0.3 is 0 Å². The Hall–Kier alpha value is -4.00. The van der Waals surface area contributed by atoms with Crippen molar-refractivity contribution in [2.75, 3.05) is 0 Å². The zero-order valence-electron chi connectivity index (χ0n) is 15.8. The number of fused-ring (bicyclic) bond motifs is 2. The van der Waals surface area contributed by atoms with Crippen LogP contribution in [-0.2, 0) is 13.6 Å². The van der Waals surface area contributed by atoms with E-state index in [9.17, 15) is 4.79 Å². The molecular weight excluding hydrogens is 364 g/mol. The molecule has 1 N–H and O–H groups in total. The van der Waals surface area contributed by atoms with Crippen LogP contribution in [0.25, 0.3) is 27.9 Å². The van der Waals surface area contributed by atoms with E-state index in [0.29, 0.717) is 17.9 Å². The molecule has 5 rings (SSSR count). The van der Waals surface area contributed by atoms with Crippen molar-refractivity contribution in [3.8, 4) is 11.3 Å². The number of hydrogen-bond donors (Lipinski definition) is 1. The Morgan fingerprint density at radius 3 is 2.66 bits per heavy atom. The standard InChI is InChI=1S/C22H18N6O/c1-27-18-10-6-5-9-16(18)25-19(27)13-24-22(29)17-14-28-12-11-23-20(21(28)26-17)15-7-3-2-4-8-15/h2-12,14H,13H2,1H3,(H,24,29). The molecule has 3 aromatic heterocycles. The van der Waals surface area contributed by atoms with Gasteiger partial charge in [-0.2, -0.15) is 0 Å². The lowest BCUT2D eigenvalue weighted by Gasteiger charge is -2.03. The summed E-state index contributed by atoms with van der Waals surface area (Å²) in [5.41, 5.74) is 4.62. The van der Waals surface area contributed by atoms with Crippen LogP contribution in [0.1, 0.15) is 16.3 Å². The molecule has 1 amide bonds. The molecule has 7 nitrogen and oxygen atoms in total. The Labute approximate surface area is 166 Å². The van der Waals surface area contributed by atoms with Crippen LogP contribution in [0, 0.1) is 0 Å². The number of carbonyl (C=O) groups excluding carboxylic acids is 1. The van der Waals surface area contributed by atoms with E-state index in [-0.39, 0.29) is 5.91 Å². The summed E-state index contributed by atoms with van der Waals surface area (Å²) in [6.07, 6.45) is 5.21. The number of nitrogens with zero attached hydrogens (tertiary/aromatic N) is 5. The summed E-state index contributed by atoms with van der Waals surface area (Å²) in [5, 5.41) is 2.92. The van der Waals surface area contributed by atoms with Crippen molar-refractivity contribution < 1.29 is 4.79 Å². The fourth-order valence-corrected chi connectivity index (χ4v) is 3.43. The zero-order chi connectivity index (χ0) is 19.8. The lowest BCUT2D eigenvalue weighted by Crippen LogP contribution is -2.24. The second-order valence-corrected chi connectivity index (χ2v) is 6.76. The van der Waals surface area contributed by atoms with Crippen molar-refractivity contribution in [1.82, 2.24) is 29.2 Å². The van der Waals surface area contributed by atoms with E-state index in [1.165, 1.54) is 0 Å². The highest BCUT2D eigenvalue weighted by atomic mass is 16.1. The molecule has 0 atom stereocenters. The molecule has 29 heavy (non-hydrogen) atoms. The normalized spacial score (nSPS) is 11.2. The number of benzene rings is 2. The maximum absolute atomic E-state index is 12.7. The molecular formula is C22H18N6O. The highest BCUT2D eigenvalue weighted by Crippen LogP contribution is 2.21. The Balaban J connectivity index is 1.42. The molecule has 0 bridgehead atoms. The van der Waals surface area contributed by atoms with E-state index in [1.54, 1.807) is 18.6 Å². The number of aryl methyl sites for hydroxylation is 1. The smallest absolute Gasteiger partial charge is 0.271 e. The van der Waals surface area contributed by atoms with Crippen LogP contribution in [0.15, 0.2) is 73.2 Å². The zero-order valence-corrected chi connectivity index (χ0v) is 15.8. The predicted octanol–water partition coefficient (Wildman–Crippen LogP) is 3.21. The number of aromatic nitrogens is 5. The van der Waals surface area contributed by atoms with E-state index in [4.69, 9.17) is 0 Å². The van der Waals surface area contributed by atoms with Crippen LogP contribution in [0.2, 0.25) is 0 Å². The Bertz CT molecular complexity index is 1340. The molecule has 7 heteroatoms. The number of imidazole rings is 2. The van der Waals surface area contributed by atoms with Crippen molar-refractivity contribution in [2.45, 2.75) is 6.54 Å². The van der Waals surface area contributed by atoms with Crippen LogP contribution in [-0.4, -0.2) is 29.8 Å². The van der Waals surface area contributed by atoms with Crippen LogP contribution in [0.5, 0.6) is 0 Å². The first-order valence-electron chi connectivity index (χ1n) is 9.28. The molecule has 3 heterocycles. The summed E-state index contributed by atoms with van der Waals surface area (Å²) >= 11 is 0.